The molecule has 30 heavy (non-hydrogen) atoms. The van der Waals surface area contributed by atoms with Crippen LogP contribution in [0.25, 0.3) is 0 Å². The zero-order valence-corrected chi connectivity index (χ0v) is 19.0. The van der Waals surface area contributed by atoms with Crippen molar-refractivity contribution in [3.05, 3.63) is 61.1 Å². The van der Waals surface area contributed by atoms with Crippen LogP contribution in [0.2, 0.25) is 10.0 Å². The van der Waals surface area contributed by atoms with Gasteiger partial charge in [-0.05, 0) is 47.5 Å². The molecule has 3 aromatic rings. The van der Waals surface area contributed by atoms with Crippen molar-refractivity contribution in [1.82, 2.24) is 19.6 Å². The molecule has 0 bridgehead atoms. The molecule has 6 nitrogen and oxygen atoms in total. The number of hydrogen-bond donors (Lipinski definition) is 1. The van der Waals surface area contributed by atoms with Gasteiger partial charge in [0.05, 0.1) is 28.1 Å². The predicted molar refractivity (Wildman–Crippen MR) is 111 cm³/mol. The van der Waals surface area contributed by atoms with Crippen molar-refractivity contribution in [2.45, 2.75) is 26.6 Å². The molecule has 0 unspecified atom stereocenters. The van der Waals surface area contributed by atoms with Gasteiger partial charge in [-0.1, -0.05) is 29.3 Å². The molecule has 0 saturated heterocycles. The van der Waals surface area contributed by atoms with E-state index in [0.29, 0.717) is 38.3 Å². The first-order valence-electron chi connectivity index (χ1n) is 8.49. The standard InChI is InChI=1S/C18H15BrCl2F3N5O/c1-8-14(9(2)29(26-8)7-10-4-5-11(20)6-12(10)21)25-17(30)15-13(19)16(18(22,23)24)28(3)27-15/h4-6H,7H2,1-3H3,(H,25,30). The summed E-state index contributed by atoms with van der Waals surface area (Å²) in [7, 11) is 1.12. The maximum absolute atomic E-state index is 13.2. The van der Waals surface area contributed by atoms with Crippen molar-refractivity contribution >= 4 is 50.7 Å². The minimum absolute atomic E-state index is 0.323. The normalized spacial score (nSPS) is 11.8. The topological polar surface area (TPSA) is 64.7 Å². The summed E-state index contributed by atoms with van der Waals surface area (Å²) in [6.07, 6.45) is -4.66. The quantitative estimate of drug-likeness (QED) is 0.481. The van der Waals surface area contributed by atoms with E-state index >= 15 is 0 Å². The smallest absolute Gasteiger partial charge is 0.317 e. The molecule has 0 aliphatic carbocycles. The number of benzene rings is 1. The van der Waals surface area contributed by atoms with E-state index in [0.717, 1.165) is 12.6 Å². The summed E-state index contributed by atoms with van der Waals surface area (Å²) in [6.45, 7) is 3.73. The third kappa shape index (κ3) is 4.35. The summed E-state index contributed by atoms with van der Waals surface area (Å²) >= 11 is 15.0. The average molecular weight is 525 g/mol. The molecule has 0 aliphatic rings. The first-order valence-corrected chi connectivity index (χ1v) is 10.0. The van der Waals surface area contributed by atoms with Crippen molar-refractivity contribution in [3.63, 3.8) is 0 Å². The van der Waals surface area contributed by atoms with Gasteiger partial charge in [-0.3, -0.25) is 14.2 Å². The maximum atomic E-state index is 13.2. The van der Waals surface area contributed by atoms with Gasteiger partial charge in [0.15, 0.2) is 11.4 Å². The molecule has 3 rings (SSSR count). The largest absolute Gasteiger partial charge is 0.434 e. The minimum atomic E-state index is -4.66. The lowest BCUT2D eigenvalue weighted by atomic mass is 10.2. The summed E-state index contributed by atoms with van der Waals surface area (Å²) < 4.78 is 41.3. The fraction of sp³-hybridized carbons (Fsp3) is 0.278. The zero-order valence-electron chi connectivity index (χ0n) is 15.9. The second-order valence-corrected chi connectivity index (χ2v) is 8.16. The molecule has 0 radical (unpaired) electrons. The number of hydrogen-bond acceptors (Lipinski definition) is 3. The molecular weight excluding hydrogens is 510 g/mol. The Hall–Kier alpha value is -2.04. The number of halogens is 6. The molecule has 0 aliphatic heterocycles. The Morgan fingerprint density at radius 3 is 2.47 bits per heavy atom. The van der Waals surface area contributed by atoms with E-state index in [1.54, 1.807) is 36.7 Å². The van der Waals surface area contributed by atoms with E-state index in [-0.39, 0.29) is 5.69 Å². The zero-order chi connectivity index (χ0) is 22.4. The molecule has 0 fully saturated rings. The van der Waals surface area contributed by atoms with E-state index in [1.807, 2.05) is 0 Å². The van der Waals surface area contributed by atoms with Crippen LogP contribution in [0.15, 0.2) is 22.7 Å². The summed E-state index contributed by atoms with van der Waals surface area (Å²) in [4.78, 5) is 12.6. The van der Waals surface area contributed by atoms with Crippen LogP contribution < -0.4 is 5.32 Å². The third-order valence-corrected chi connectivity index (χ3v) is 5.77. The second-order valence-electron chi connectivity index (χ2n) is 6.53. The number of aryl methyl sites for hydroxylation is 2. The highest BCUT2D eigenvalue weighted by Gasteiger charge is 2.39. The maximum Gasteiger partial charge on any atom is 0.434 e. The highest BCUT2D eigenvalue weighted by atomic mass is 79.9. The molecule has 0 atom stereocenters. The highest BCUT2D eigenvalue weighted by molar-refractivity contribution is 9.10. The molecule has 160 valence electrons. The lowest BCUT2D eigenvalue weighted by Crippen LogP contribution is -2.15. The van der Waals surface area contributed by atoms with Gasteiger partial charge in [0.1, 0.15) is 0 Å². The van der Waals surface area contributed by atoms with Gasteiger partial charge in [-0.15, -0.1) is 0 Å². The van der Waals surface area contributed by atoms with E-state index in [2.05, 4.69) is 31.4 Å². The fourth-order valence-corrected chi connectivity index (χ4v) is 4.18. The van der Waals surface area contributed by atoms with Gasteiger partial charge >= 0.3 is 6.18 Å². The number of alkyl halides is 3. The van der Waals surface area contributed by atoms with Crippen LogP contribution in [0.4, 0.5) is 18.9 Å². The Kier molecular flexibility index (Phi) is 6.22. The number of carbonyl (C=O) groups excluding carboxylic acids is 1. The Bertz CT molecular complexity index is 1140. The SMILES string of the molecule is Cc1nn(Cc2ccc(Cl)cc2Cl)c(C)c1NC(=O)c1nn(C)c(C(F)(F)F)c1Br. The van der Waals surface area contributed by atoms with Crippen LogP contribution in [0.1, 0.15) is 33.1 Å². The van der Waals surface area contributed by atoms with Crippen molar-refractivity contribution < 1.29 is 18.0 Å². The van der Waals surface area contributed by atoms with Gasteiger partial charge < -0.3 is 5.32 Å². The summed E-state index contributed by atoms with van der Waals surface area (Å²) in [6, 6.07) is 5.08. The third-order valence-electron chi connectivity index (χ3n) is 4.43. The van der Waals surface area contributed by atoms with Gasteiger partial charge in [0.2, 0.25) is 0 Å². The van der Waals surface area contributed by atoms with Crippen molar-refractivity contribution in [2.75, 3.05) is 5.32 Å². The van der Waals surface area contributed by atoms with Crippen LogP contribution in [-0.2, 0) is 19.8 Å². The van der Waals surface area contributed by atoms with Gasteiger partial charge in [-0.2, -0.15) is 23.4 Å². The van der Waals surface area contributed by atoms with Gasteiger partial charge in [-0.25, -0.2) is 0 Å². The van der Waals surface area contributed by atoms with E-state index in [1.165, 1.54) is 0 Å². The molecule has 1 amide bonds. The van der Waals surface area contributed by atoms with Crippen molar-refractivity contribution in [2.24, 2.45) is 7.05 Å². The predicted octanol–water partition coefficient (Wildman–Crippen LogP) is 5.62. The van der Waals surface area contributed by atoms with Crippen LogP contribution in [-0.4, -0.2) is 25.5 Å². The number of anilines is 1. The average Bonchev–Trinajstić information content (AvgIpc) is 3.07. The van der Waals surface area contributed by atoms with Crippen molar-refractivity contribution in [1.29, 1.82) is 0 Å². The summed E-state index contributed by atoms with van der Waals surface area (Å²) in [5.41, 5.74) is 0.832. The molecule has 2 heterocycles. The molecule has 0 spiro atoms. The van der Waals surface area contributed by atoms with Crippen LogP contribution in [0.5, 0.6) is 0 Å². The lowest BCUT2D eigenvalue weighted by Gasteiger charge is -2.08. The highest BCUT2D eigenvalue weighted by Crippen LogP contribution is 2.36. The van der Waals surface area contributed by atoms with Crippen LogP contribution in [0.3, 0.4) is 0 Å². The first-order chi connectivity index (χ1) is 13.9. The molecular formula is C18H15BrCl2F3N5O. The molecule has 0 saturated carbocycles. The van der Waals surface area contributed by atoms with Gasteiger partial charge in [0, 0.05) is 17.1 Å². The monoisotopic (exact) mass is 523 g/mol. The molecule has 1 N–H and O–H groups in total. The summed E-state index contributed by atoms with van der Waals surface area (Å²) in [5.74, 6) is -0.789. The van der Waals surface area contributed by atoms with Crippen LogP contribution in [0, 0.1) is 13.8 Å². The second kappa shape index (κ2) is 8.24. The van der Waals surface area contributed by atoms with E-state index in [9.17, 15) is 18.0 Å². The molecule has 1 aromatic carbocycles. The Balaban J connectivity index is 1.89. The van der Waals surface area contributed by atoms with Crippen LogP contribution >= 0.6 is 39.1 Å². The van der Waals surface area contributed by atoms with E-state index < -0.39 is 22.3 Å². The number of nitrogens with one attached hydrogen (secondary N) is 1. The Morgan fingerprint density at radius 1 is 1.23 bits per heavy atom. The number of amides is 1. The minimum Gasteiger partial charge on any atom is -0.317 e. The van der Waals surface area contributed by atoms with E-state index in [4.69, 9.17) is 23.2 Å². The Labute approximate surface area is 188 Å². The van der Waals surface area contributed by atoms with Crippen molar-refractivity contribution in [3.8, 4) is 0 Å². The number of carbonyl (C=O) groups is 1. The molecule has 2 aromatic heterocycles. The number of aromatic nitrogens is 4. The fourth-order valence-electron chi connectivity index (χ4n) is 2.97. The lowest BCUT2D eigenvalue weighted by molar-refractivity contribution is -0.144. The number of nitrogens with zero attached hydrogens (tertiary/aromatic N) is 4. The first kappa shape index (κ1) is 22.6. The molecule has 12 heteroatoms. The Morgan fingerprint density at radius 2 is 1.90 bits per heavy atom. The summed E-state index contributed by atoms with van der Waals surface area (Å²) in [5, 5.41) is 11.7. The number of rotatable bonds is 4. The van der Waals surface area contributed by atoms with Gasteiger partial charge in [0.25, 0.3) is 5.91 Å².